The number of thiophene rings is 1. The number of ether oxygens (including phenoxy) is 3. The summed E-state index contributed by atoms with van der Waals surface area (Å²) in [7, 11) is 2.92. The third-order valence-electron chi connectivity index (χ3n) is 6.21. The van der Waals surface area contributed by atoms with Gasteiger partial charge in [-0.25, -0.2) is 9.59 Å². The van der Waals surface area contributed by atoms with Gasteiger partial charge in [-0.3, -0.25) is 9.59 Å². The van der Waals surface area contributed by atoms with Gasteiger partial charge in [0, 0.05) is 18.5 Å². The number of amides is 2. The van der Waals surface area contributed by atoms with Gasteiger partial charge >= 0.3 is 11.9 Å². The number of fused-ring (bicyclic) bond motifs is 2. The molecule has 2 amide bonds. The SMILES string of the molecule is CCOC(=O)c1c(NC(=O)CSCC(=O)N=c2sc3cc(C(=O)OC)ccc3n2CCOC)sc2c1CCCC2. The first-order valence-electron chi connectivity index (χ1n) is 12.8. The number of aryl methyl sites for hydroxylation is 1. The summed E-state index contributed by atoms with van der Waals surface area (Å²) in [6.07, 6.45) is 3.75. The number of anilines is 1. The summed E-state index contributed by atoms with van der Waals surface area (Å²) in [5.74, 6) is -1.50. The molecule has 0 saturated heterocycles. The smallest absolute Gasteiger partial charge is 0.341 e. The summed E-state index contributed by atoms with van der Waals surface area (Å²) in [5.41, 5.74) is 2.68. The van der Waals surface area contributed by atoms with Gasteiger partial charge in [-0.2, -0.15) is 4.99 Å². The highest BCUT2D eigenvalue weighted by atomic mass is 32.2. The number of nitrogens with one attached hydrogen (secondary N) is 1. The molecule has 13 heteroatoms. The van der Waals surface area contributed by atoms with Gasteiger partial charge in [-0.15, -0.1) is 23.1 Å². The second-order valence-corrected chi connectivity index (χ2v) is 12.0. The molecular weight excluding hydrogens is 575 g/mol. The van der Waals surface area contributed by atoms with Crippen LogP contribution in [0.2, 0.25) is 0 Å². The fourth-order valence-corrected chi connectivity index (χ4v) is 7.41. The average molecular weight is 606 g/mol. The minimum Gasteiger partial charge on any atom is -0.465 e. The molecule has 3 aromatic rings. The largest absolute Gasteiger partial charge is 0.465 e. The summed E-state index contributed by atoms with van der Waals surface area (Å²) in [6.45, 7) is 2.91. The van der Waals surface area contributed by atoms with Gasteiger partial charge < -0.3 is 24.1 Å². The minimum atomic E-state index is -0.444. The molecule has 0 fully saturated rings. The van der Waals surface area contributed by atoms with E-state index in [1.807, 2.05) is 4.57 Å². The van der Waals surface area contributed by atoms with Gasteiger partial charge in [0.2, 0.25) is 5.91 Å². The van der Waals surface area contributed by atoms with Crippen molar-refractivity contribution < 1.29 is 33.4 Å². The van der Waals surface area contributed by atoms with E-state index in [2.05, 4.69) is 10.3 Å². The molecule has 2 heterocycles. The van der Waals surface area contributed by atoms with Crippen LogP contribution in [0.15, 0.2) is 23.2 Å². The van der Waals surface area contributed by atoms with Crippen molar-refractivity contribution in [3.63, 3.8) is 0 Å². The van der Waals surface area contributed by atoms with Crippen LogP contribution in [0.25, 0.3) is 10.2 Å². The Morgan fingerprint density at radius 2 is 1.88 bits per heavy atom. The van der Waals surface area contributed by atoms with Crippen LogP contribution in [0.5, 0.6) is 0 Å². The highest BCUT2D eigenvalue weighted by Gasteiger charge is 2.27. The van der Waals surface area contributed by atoms with Crippen LogP contribution < -0.4 is 10.1 Å². The quantitative estimate of drug-likeness (QED) is 0.325. The lowest BCUT2D eigenvalue weighted by atomic mass is 9.95. The van der Waals surface area contributed by atoms with E-state index in [1.165, 1.54) is 29.8 Å². The second kappa shape index (κ2) is 14.1. The predicted octanol–water partition coefficient (Wildman–Crippen LogP) is 4.05. The van der Waals surface area contributed by atoms with E-state index < -0.39 is 11.9 Å². The Morgan fingerprint density at radius 1 is 1.07 bits per heavy atom. The number of thioether (sulfide) groups is 1. The molecule has 0 radical (unpaired) electrons. The molecular formula is C27H31N3O7S3. The van der Waals surface area contributed by atoms with Crippen LogP contribution in [0.3, 0.4) is 0 Å². The van der Waals surface area contributed by atoms with E-state index in [1.54, 1.807) is 32.2 Å². The number of esters is 2. The number of hydrogen-bond donors (Lipinski definition) is 1. The summed E-state index contributed by atoms with van der Waals surface area (Å²) in [6, 6.07) is 5.18. The first kappa shape index (κ1) is 30.0. The summed E-state index contributed by atoms with van der Waals surface area (Å²) < 4.78 is 17.9. The Kier molecular flexibility index (Phi) is 10.5. The summed E-state index contributed by atoms with van der Waals surface area (Å²) in [5, 5.41) is 3.38. The van der Waals surface area contributed by atoms with E-state index in [0.29, 0.717) is 34.1 Å². The molecule has 4 rings (SSSR count). The second-order valence-electron chi connectivity index (χ2n) is 8.89. The maximum atomic E-state index is 12.7. The van der Waals surface area contributed by atoms with Gasteiger partial charge in [0.25, 0.3) is 5.91 Å². The maximum absolute atomic E-state index is 12.7. The molecule has 214 valence electrons. The number of carbonyl (C=O) groups is 4. The molecule has 0 unspecified atom stereocenters. The first-order valence-corrected chi connectivity index (χ1v) is 15.6. The van der Waals surface area contributed by atoms with E-state index in [0.717, 1.165) is 58.1 Å². The molecule has 1 aliphatic rings. The van der Waals surface area contributed by atoms with Crippen molar-refractivity contribution in [1.29, 1.82) is 0 Å². The molecule has 0 atom stereocenters. The lowest BCUT2D eigenvalue weighted by Gasteiger charge is -2.12. The van der Waals surface area contributed by atoms with Crippen molar-refractivity contribution in [2.75, 3.05) is 44.3 Å². The fourth-order valence-electron chi connectivity index (χ4n) is 4.41. The maximum Gasteiger partial charge on any atom is 0.341 e. The number of hydrogen-bond acceptors (Lipinski definition) is 10. The Labute approximate surface area is 243 Å². The van der Waals surface area contributed by atoms with Gasteiger partial charge in [0.15, 0.2) is 4.80 Å². The molecule has 0 bridgehead atoms. The van der Waals surface area contributed by atoms with Crippen LogP contribution in [0, 0.1) is 0 Å². The summed E-state index contributed by atoms with van der Waals surface area (Å²) >= 11 is 3.87. The molecule has 0 aliphatic heterocycles. The Morgan fingerprint density at radius 3 is 2.62 bits per heavy atom. The van der Waals surface area contributed by atoms with Crippen molar-refractivity contribution in [3.8, 4) is 0 Å². The zero-order valence-electron chi connectivity index (χ0n) is 22.6. The number of aromatic nitrogens is 1. The normalized spacial score (nSPS) is 13.2. The van der Waals surface area contributed by atoms with E-state index in [9.17, 15) is 19.2 Å². The van der Waals surface area contributed by atoms with E-state index >= 15 is 0 Å². The third-order valence-corrected chi connectivity index (χ3v) is 9.37. The number of rotatable bonds is 11. The minimum absolute atomic E-state index is 0.00499. The molecule has 40 heavy (non-hydrogen) atoms. The zero-order valence-corrected chi connectivity index (χ0v) is 25.0. The van der Waals surface area contributed by atoms with Gasteiger partial charge in [0.1, 0.15) is 5.00 Å². The number of methoxy groups -OCH3 is 2. The standard InChI is InChI=1S/C27H31N3O7S3/c1-4-37-26(34)23-17-7-5-6-8-19(17)39-24(23)28-21(31)14-38-15-22(32)29-27-30(11-12-35-2)18-10-9-16(25(33)36-3)13-20(18)40-27/h9-10,13H,4-8,11-12,14-15H2,1-3H3,(H,28,31). The molecule has 10 nitrogen and oxygen atoms in total. The molecule has 1 aromatic carbocycles. The van der Waals surface area contributed by atoms with Crippen LogP contribution in [-0.2, 0) is 43.2 Å². The topological polar surface area (TPSA) is 125 Å². The number of nitrogens with zero attached hydrogens (tertiary/aromatic N) is 2. The molecule has 0 spiro atoms. The Bertz CT molecular complexity index is 1490. The third kappa shape index (κ3) is 7.00. The molecule has 2 aromatic heterocycles. The highest BCUT2D eigenvalue weighted by Crippen LogP contribution is 2.38. The van der Waals surface area contributed by atoms with Crippen molar-refractivity contribution in [2.45, 2.75) is 39.2 Å². The molecule has 1 aliphatic carbocycles. The molecule has 0 saturated carbocycles. The van der Waals surface area contributed by atoms with Gasteiger partial charge in [-0.05, 0) is 56.4 Å². The van der Waals surface area contributed by atoms with Gasteiger partial charge in [0.05, 0.1) is 53.2 Å². The number of carbonyl (C=O) groups excluding carboxylic acids is 4. The predicted molar refractivity (Wildman–Crippen MR) is 156 cm³/mol. The van der Waals surface area contributed by atoms with E-state index in [4.69, 9.17) is 14.2 Å². The zero-order chi connectivity index (χ0) is 28.6. The van der Waals surface area contributed by atoms with Crippen LogP contribution in [0.4, 0.5) is 5.00 Å². The average Bonchev–Trinajstić information content (AvgIpc) is 3.47. The number of benzene rings is 1. The van der Waals surface area contributed by atoms with Gasteiger partial charge in [-0.1, -0.05) is 11.3 Å². The lowest BCUT2D eigenvalue weighted by molar-refractivity contribution is -0.115. The molecule has 1 N–H and O–H groups in total. The van der Waals surface area contributed by atoms with Crippen molar-refractivity contribution in [2.24, 2.45) is 4.99 Å². The van der Waals surface area contributed by atoms with Crippen LogP contribution in [0.1, 0.15) is 50.9 Å². The summed E-state index contributed by atoms with van der Waals surface area (Å²) in [4.78, 5) is 55.9. The lowest BCUT2D eigenvalue weighted by Crippen LogP contribution is -2.20. The van der Waals surface area contributed by atoms with Crippen LogP contribution in [-0.4, -0.2) is 67.3 Å². The number of thiazole rings is 1. The fraction of sp³-hybridized carbons (Fsp3) is 0.444. The monoisotopic (exact) mass is 605 g/mol. The Hall–Kier alpha value is -3.00. The first-order chi connectivity index (χ1) is 19.4. The van der Waals surface area contributed by atoms with Crippen molar-refractivity contribution in [3.05, 3.63) is 44.6 Å². The van der Waals surface area contributed by atoms with Crippen molar-refractivity contribution >= 4 is 73.4 Å². The Balaban J connectivity index is 1.43. The van der Waals surface area contributed by atoms with E-state index in [-0.39, 0.29) is 29.9 Å². The van der Waals surface area contributed by atoms with Crippen LogP contribution >= 0.6 is 34.4 Å². The highest BCUT2D eigenvalue weighted by molar-refractivity contribution is 8.00. The van der Waals surface area contributed by atoms with Crippen molar-refractivity contribution in [1.82, 2.24) is 4.57 Å².